The number of anilines is 1. The van der Waals surface area contributed by atoms with Gasteiger partial charge >= 0.3 is 0 Å². The highest BCUT2D eigenvalue weighted by atomic mass is 79.9. The summed E-state index contributed by atoms with van der Waals surface area (Å²) in [6, 6.07) is 4.59. The van der Waals surface area contributed by atoms with Gasteiger partial charge in [-0.05, 0) is 46.0 Å². The molecule has 0 unspecified atom stereocenters. The molecule has 1 fully saturated rings. The van der Waals surface area contributed by atoms with Crippen LogP contribution < -0.4 is 11.1 Å². The molecule has 3 nitrogen and oxygen atoms in total. The van der Waals surface area contributed by atoms with Crippen molar-refractivity contribution in [2.75, 3.05) is 31.9 Å². The summed E-state index contributed by atoms with van der Waals surface area (Å²) < 4.78 is 2.06. The lowest BCUT2D eigenvalue weighted by Gasteiger charge is -2.37. The fraction of sp³-hybridized carbons (Fsp3) is 0.600. The SMILES string of the molecule is CC(C)C[C@H](c1cc(Br)cc(Br)c1N)N1CCNCC1.Cl.Cl. The van der Waals surface area contributed by atoms with Gasteiger partial charge in [0.1, 0.15) is 0 Å². The Morgan fingerprint density at radius 2 is 1.77 bits per heavy atom. The molecule has 0 aliphatic carbocycles. The van der Waals surface area contributed by atoms with E-state index >= 15 is 0 Å². The fourth-order valence-electron chi connectivity index (χ4n) is 2.79. The topological polar surface area (TPSA) is 41.3 Å². The molecule has 7 heteroatoms. The summed E-state index contributed by atoms with van der Waals surface area (Å²) in [5, 5.41) is 3.42. The molecule has 1 saturated heterocycles. The number of hydrogen-bond donors (Lipinski definition) is 2. The Hall–Kier alpha value is 0.480. The summed E-state index contributed by atoms with van der Waals surface area (Å²) in [5.74, 6) is 0.645. The maximum absolute atomic E-state index is 6.32. The zero-order valence-corrected chi connectivity index (χ0v) is 17.7. The average Bonchev–Trinajstić information content (AvgIpc) is 2.41. The van der Waals surface area contributed by atoms with Crippen molar-refractivity contribution in [1.29, 1.82) is 0 Å². The van der Waals surface area contributed by atoms with Crippen molar-refractivity contribution in [3.63, 3.8) is 0 Å². The minimum Gasteiger partial charge on any atom is -0.398 e. The first-order valence-electron chi connectivity index (χ1n) is 7.18. The molecule has 0 amide bonds. The second-order valence-corrected chi connectivity index (χ2v) is 7.59. The number of nitrogens with zero attached hydrogens (tertiary/aromatic N) is 1. The highest BCUT2D eigenvalue weighted by molar-refractivity contribution is 9.11. The van der Waals surface area contributed by atoms with Crippen molar-refractivity contribution in [3.05, 3.63) is 26.6 Å². The highest BCUT2D eigenvalue weighted by Gasteiger charge is 2.25. The Morgan fingerprint density at radius 3 is 2.32 bits per heavy atom. The standard InChI is InChI=1S/C15H23Br2N3.2ClH/c1-10(2)7-14(20-5-3-19-4-6-20)12-8-11(16)9-13(17)15(12)18;;/h8-10,14,19H,3-7,18H2,1-2H3;2*1H/t14-;;/m1../s1. The number of nitrogens with two attached hydrogens (primary N) is 1. The van der Waals surface area contributed by atoms with E-state index in [4.69, 9.17) is 5.73 Å². The highest BCUT2D eigenvalue weighted by Crippen LogP contribution is 2.37. The van der Waals surface area contributed by atoms with Crippen molar-refractivity contribution >= 4 is 62.4 Å². The normalized spacial score (nSPS) is 16.8. The summed E-state index contributed by atoms with van der Waals surface area (Å²) in [6.45, 7) is 8.84. The van der Waals surface area contributed by atoms with E-state index in [0.717, 1.165) is 47.2 Å². The van der Waals surface area contributed by atoms with Crippen LogP contribution in [-0.4, -0.2) is 31.1 Å². The number of hydrogen-bond acceptors (Lipinski definition) is 3. The Kier molecular flexibility index (Phi) is 10.6. The van der Waals surface area contributed by atoms with E-state index in [1.807, 2.05) is 6.07 Å². The fourth-order valence-corrected chi connectivity index (χ4v) is 4.05. The monoisotopic (exact) mass is 475 g/mol. The zero-order chi connectivity index (χ0) is 14.7. The van der Waals surface area contributed by atoms with Gasteiger partial charge in [-0.1, -0.05) is 29.8 Å². The molecule has 1 aliphatic rings. The molecule has 22 heavy (non-hydrogen) atoms. The molecular formula is C15H25Br2Cl2N3. The second-order valence-electron chi connectivity index (χ2n) is 5.82. The van der Waals surface area contributed by atoms with Gasteiger partial charge in [-0.15, -0.1) is 24.8 Å². The van der Waals surface area contributed by atoms with Crippen molar-refractivity contribution in [3.8, 4) is 0 Å². The quantitative estimate of drug-likeness (QED) is 0.621. The maximum atomic E-state index is 6.32. The summed E-state index contributed by atoms with van der Waals surface area (Å²) in [6.07, 6.45) is 1.13. The molecule has 0 bridgehead atoms. The number of piperazine rings is 1. The van der Waals surface area contributed by atoms with E-state index in [-0.39, 0.29) is 24.8 Å². The van der Waals surface area contributed by atoms with E-state index in [2.05, 4.69) is 62.0 Å². The molecule has 1 aliphatic heterocycles. The molecule has 1 atom stereocenters. The second kappa shape index (κ2) is 10.4. The van der Waals surface area contributed by atoms with E-state index in [1.54, 1.807) is 0 Å². The molecule has 128 valence electrons. The third-order valence-corrected chi connectivity index (χ3v) is 4.89. The van der Waals surface area contributed by atoms with Crippen LogP contribution in [-0.2, 0) is 0 Å². The minimum absolute atomic E-state index is 0. The molecule has 1 aromatic carbocycles. The predicted octanol–water partition coefficient (Wildman–Crippen LogP) is 4.63. The molecule has 1 heterocycles. The first kappa shape index (κ1) is 22.5. The number of rotatable bonds is 4. The van der Waals surface area contributed by atoms with Crippen LogP contribution in [0.1, 0.15) is 31.9 Å². The summed E-state index contributed by atoms with van der Waals surface area (Å²) in [7, 11) is 0. The lowest BCUT2D eigenvalue weighted by atomic mass is 9.94. The van der Waals surface area contributed by atoms with Crippen LogP contribution in [0.4, 0.5) is 5.69 Å². The maximum Gasteiger partial charge on any atom is 0.0507 e. The summed E-state index contributed by atoms with van der Waals surface area (Å²) in [5.41, 5.74) is 8.44. The van der Waals surface area contributed by atoms with Crippen LogP contribution in [0.25, 0.3) is 0 Å². The lowest BCUT2D eigenvalue weighted by molar-refractivity contribution is 0.154. The molecular weight excluding hydrogens is 453 g/mol. The van der Waals surface area contributed by atoms with E-state index in [1.165, 1.54) is 5.56 Å². The molecule has 2 rings (SSSR count). The van der Waals surface area contributed by atoms with E-state index in [9.17, 15) is 0 Å². The van der Waals surface area contributed by atoms with Crippen molar-refractivity contribution in [1.82, 2.24) is 10.2 Å². The number of nitrogens with one attached hydrogen (secondary N) is 1. The average molecular weight is 478 g/mol. The van der Waals surface area contributed by atoms with Crippen LogP contribution in [0.15, 0.2) is 21.1 Å². The predicted molar refractivity (Wildman–Crippen MR) is 107 cm³/mol. The largest absolute Gasteiger partial charge is 0.398 e. The Labute approximate surface area is 162 Å². The minimum atomic E-state index is 0. The van der Waals surface area contributed by atoms with Crippen LogP contribution in [0, 0.1) is 5.92 Å². The van der Waals surface area contributed by atoms with Gasteiger partial charge in [-0.3, -0.25) is 4.90 Å². The van der Waals surface area contributed by atoms with Crippen LogP contribution in [0.5, 0.6) is 0 Å². The van der Waals surface area contributed by atoms with Crippen molar-refractivity contribution in [2.45, 2.75) is 26.3 Å². The van der Waals surface area contributed by atoms with Crippen LogP contribution >= 0.6 is 56.7 Å². The number of nitrogen functional groups attached to an aromatic ring is 1. The summed E-state index contributed by atoms with van der Waals surface area (Å²) >= 11 is 7.16. The van der Waals surface area contributed by atoms with Crippen LogP contribution in [0.3, 0.4) is 0 Å². The zero-order valence-electron chi connectivity index (χ0n) is 12.9. The molecule has 1 aromatic rings. The number of halogens is 4. The van der Waals surface area contributed by atoms with Gasteiger partial charge in [-0.2, -0.15) is 0 Å². The third kappa shape index (κ3) is 5.84. The van der Waals surface area contributed by atoms with Crippen molar-refractivity contribution in [2.24, 2.45) is 5.92 Å². The Morgan fingerprint density at radius 1 is 1.18 bits per heavy atom. The molecule has 0 aromatic heterocycles. The van der Waals surface area contributed by atoms with Gasteiger partial charge in [0.25, 0.3) is 0 Å². The third-order valence-electron chi connectivity index (χ3n) is 3.77. The van der Waals surface area contributed by atoms with Gasteiger partial charge in [0, 0.05) is 41.2 Å². The van der Waals surface area contributed by atoms with Gasteiger partial charge in [0.05, 0.1) is 5.69 Å². The first-order chi connectivity index (χ1) is 9.49. The Balaban J connectivity index is 0.00000220. The molecule has 0 spiro atoms. The van der Waals surface area contributed by atoms with E-state index < -0.39 is 0 Å². The Bertz CT molecular complexity index is 466. The first-order valence-corrected chi connectivity index (χ1v) is 8.76. The molecule has 0 saturated carbocycles. The van der Waals surface area contributed by atoms with E-state index in [0.29, 0.717) is 12.0 Å². The summed E-state index contributed by atoms with van der Waals surface area (Å²) in [4.78, 5) is 2.56. The smallest absolute Gasteiger partial charge is 0.0507 e. The van der Waals surface area contributed by atoms with Gasteiger partial charge < -0.3 is 11.1 Å². The molecule has 0 radical (unpaired) electrons. The van der Waals surface area contributed by atoms with Crippen LogP contribution in [0.2, 0.25) is 0 Å². The lowest BCUT2D eigenvalue weighted by Crippen LogP contribution is -2.45. The van der Waals surface area contributed by atoms with Gasteiger partial charge in [-0.25, -0.2) is 0 Å². The van der Waals surface area contributed by atoms with Gasteiger partial charge in [0.2, 0.25) is 0 Å². The van der Waals surface area contributed by atoms with Crippen molar-refractivity contribution < 1.29 is 0 Å². The van der Waals surface area contributed by atoms with Gasteiger partial charge in [0.15, 0.2) is 0 Å². The molecule has 3 N–H and O–H groups in total. The number of benzene rings is 1.